The van der Waals surface area contributed by atoms with Crippen molar-refractivity contribution in [2.45, 2.75) is 18.7 Å². The summed E-state index contributed by atoms with van der Waals surface area (Å²) in [7, 11) is -3.11. The number of carbonyl (C=O) groups excluding carboxylic acids is 1. The van der Waals surface area contributed by atoms with Gasteiger partial charge in [0, 0.05) is 20.1 Å². The molecule has 1 rings (SSSR count). The van der Waals surface area contributed by atoms with Gasteiger partial charge in [-0.15, -0.1) is 0 Å². The molecule has 0 bridgehead atoms. The van der Waals surface area contributed by atoms with Gasteiger partial charge >= 0.3 is 0 Å². The molecule has 0 aliphatic carbocycles. The summed E-state index contributed by atoms with van der Waals surface area (Å²) >= 11 is 0. The van der Waals surface area contributed by atoms with Crippen molar-refractivity contribution < 1.29 is 22.0 Å². The van der Waals surface area contributed by atoms with E-state index in [9.17, 15) is 22.0 Å². The Morgan fingerprint density at radius 1 is 1.19 bits per heavy atom. The Morgan fingerprint density at radius 2 is 1.76 bits per heavy atom. The summed E-state index contributed by atoms with van der Waals surface area (Å²) in [5, 5.41) is 0. The van der Waals surface area contributed by atoms with Gasteiger partial charge in [-0.1, -0.05) is 0 Å². The number of hydrogen-bond acceptors (Lipinski definition) is 3. The molecule has 1 aromatic carbocycles. The molecule has 1 amide bonds. The third-order valence-electron chi connectivity index (χ3n) is 3.06. The normalized spacial score (nSPS) is 11.7. The number of likely N-dealkylation sites (N-methyl/N-ethyl adjacent to an activating group) is 2. The first-order valence-electron chi connectivity index (χ1n) is 6.43. The zero-order valence-electron chi connectivity index (χ0n) is 12.1. The molecule has 0 heterocycles. The minimum atomic E-state index is -4.27. The molecule has 0 aromatic heterocycles. The van der Waals surface area contributed by atoms with Crippen molar-refractivity contribution in [3.63, 3.8) is 0 Å². The maximum Gasteiger partial charge on any atom is 0.246 e. The Bertz CT molecular complexity index is 616. The van der Waals surface area contributed by atoms with Crippen molar-refractivity contribution in [3.8, 4) is 0 Å². The molecule has 0 radical (unpaired) electrons. The van der Waals surface area contributed by atoms with Crippen molar-refractivity contribution in [1.29, 1.82) is 0 Å². The minimum Gasteiger partial charge on any atom is -0.342 e. The minimum absolute atomic E-state index is 0.400. The van der Waals surface area contributed by atoms with Gasteiger partial charge in [-0.3, -0.25) is 4.79 Å². The van der Waals surface area contributed by atoms with Gasteiger partial charge < -0.3 is 4.90 Å². The molecule has 0 N–H and O–H groups in total. The summed E-state index contributed by atoms with van der Waals surface area (Å²) < 4.78 is 51.8. The lowest BCUT2D eigenvalue weighted by Gasteiger charge is -2.23. The number of rotatable bonds is 6. The van der Waals surface area contributed by atoms with E-state index in [1.807, 2.05) is 0 Å². The fourth-order valence-corrected chi connectivity index (χ4v) is 2.99. The lowest BCUT2D eigenvalue weighted by Crippen LogP contribution is -2.41. The molecule has 118 valence electrons. The molecular formula is C13H18F2N2O3S. The van der Waals surface area contributed by atoms with Crippen LogP contribution in [0.2, 0.25) is 0 Å². The zero-order valence-corrected chi connectivity index (χ0v) is 13.0. The van der Waals surface area contributed by atoms with Crippen molar-refractivity contribution in [1.82, 2.24) is 9.21 Å². The van der Waals surface area contributed by atoms with Crippen LogP contribution in [0.15, 0.2) is 23.1 Å². The van der Waals surface area contributed by atoms with E-state index in [2.05, 4.69) is 0 Å². The SMILES string of the molecule is CCN(CC)C(=O)CN(C)S(=O)(=O)c1cc(F)ccc1F. The Balaban J connectivity index is 3.02. The summed E-state index contributed by atoms with van der Waals surface area (Å²) in [6.45, 7) is 3.99. The summed E-state index contributed by atoms with van der Waals surface area (Å²) in [5.74, 6) is -2.32. The lowest BCUT2D eigenvalue weighted by molar-refractivity contribution is -0.130. The molecule has 0 atom stereocenters. The van der Waals surface area contributed by atoms with Gasteiger partial charge in [0.1, 0.15) is 16.5 Å². The topological polar surface area (TPSA) is 57.7 Å². The van der Waals surface area contributed by atoms with Crippen LogP contribution in [0.25, 0.3) is 0 Å². The number of hydrogen-bond donors (Lipinski definition) is 0. The summed E-state index contributed by atoms with van der Waals surface area (Å²) in [5.41, 5.74) is 0. The number of nitrogens with zero attached hydrogens (tertiary/aromatic N) is 2. The average molecular weight is 320 g/mol. The number of carbonyl (C=O) groups is 1. The maximum atomic E-state index is 13.6. The van der Waals surface area contributed by atoms with Gasteiger partial charge in [-0.2, -0.15) is 4.31 Å². The molecule has 5 nitrogen and oxygen atoms in total. The highest BCUT2D eigenvalue weighted by Crippen LogP contribution is 2.19. The van der Waals surface area contributed by atoms with E-state index < -0.39 is 39.0 Å². The van der Waals surface area contributed by atoms with E-state index in [1.165, 1.54) is 4.90 Å². The van der Waals surface area contributed by atoms with E-state index in [0.717, 1.165) is 19.2 Å². The number of amides is 1. The van der Waals surface area contributed by atoms with Gasteiger partial charge in [-0.25, -0.2) is 17.2 Å². The highest BCUT2D eigenvalue weighted by Gasteiger charge is 2.27. The molecule has 0 unspecified atom stereocenters. The van der Waals surface area contributed by atoms with Gasteiger partial charge in [0.25, 0.3) is 0 Å². The first kappa shape index (κ1) is 17.5. The van der Waals surface area contributed by atoms with Crippen molar-refractivity contribution >= 4 is 15.9 Å². The highest BCUT2D eigenvalue weighted by atomic mass is 32.2. The summed E-state index contributed by atoms with van der Waals surface area (Å²) in [4.78, 5) is 12.6. The predicted molar refractivity (Wildman–Crippen MR) is 74.1 cm³/mol. The van der Waals surface area contributed by atoms with Crippen LogP contribution in [0.3, 0.4) is 0 Å². The fraction of sp³-hybridized carbons (Fsp3) is 0.462. The van der Waals surface area contributed by atoms with Crippen molar-refractivity contribution in [3.05, 3.63) is 29.8 Å². The Morgan fingerprint density at radius 3 is 2.29 bits per heavy atom. The van der Waals surface area contributed by atoms with Crippen LogP contribution in [0.5, 0.6) is 0 Å². The first-order valence-corrected chi connectivity index (χ1v) is 7.87. The Labute approximate surface area is 123 Å². The third-order valence-corrected chi connectivity index (χ3v) is 4.87. The van der Waals surface area contributed by atoms with Gasteiger partial charge in [0.05, 0.1) is 6.54 Å². The van der Waals surface area contributed by atoms with E-state index >= 15 is 0 Å². The largest absolute Gasteiger partial charge is 0.342 e. The molecule has 0 saturated carbocycles. The monoisotopic (exact) mass is 320 g/mol. The second kappa shape index (κ2) is 6.95. The molecule has 0 spiro atoms. The van der Waals surface area contributed by atoms with E-state index in [-0.39, 0.29) is 0 Å². The second-order valence-corrected chi connectivity index (χ2v) is 6.42. The quantitative estimate of drug-likeness (QED) is 0.797. The summed E-state index contributed by atoms with van der Waals surface area (Å²) in [6.07, 6.45) is 0. The molecule has 8 heteroatoms. The van der Waals surface area contributed by atoms with Crippen LogP contribution < -0.4 is 0 Å². The van der Waals surface area contributed by atoms with Crippen molar-refractivity contribution in [2.24, 2.45) is 0 Å². The second-order valence-electron chi connectivity index (χ2n) is 4.40. The molecule has 21 heavy (non-hydrogen) atoms. The van der Waals surface area contributed by atoms with E-state index in [0.29, 0.717) is 23.5 Å². The van der Waals surface area contributed by atoms with Gasteiger partial charge in [-0.05, 0) is 32.0 Å². The maximum absolute atomic E-state index is 13.6. The average Bonchev–Trinajstić information content (AvgIpc) is 2.42. The standard InChI is InChI=1S/C13H18F2N2O3S/c1-4-17(5-2)13(18)9-16(3)21(19,20)12-8-10(14)6-7-11(12)15/h6-8H,4-5,9H2,1-3H3. The summed E-state index contributed by atoms with van der Waals surface area (Å²) in [6, 6.07) is 2.17. The van der Waals surface area contributed by atoms with Crippen LogP contribution in [0.4, 0.5) is 8.78 Å². The first-order chi connectivity index (χ1) is 9.73. The number of sulfonamides is 1. The third kappa shape index (κ3) is 3.98. The van der Waals surface area contributed by atoms with Crippen LogP contribution in [-0.4, -0.2) is 50.2 Å². The van der Waals surface area contributed by atoms with Crippen LogP contribution in [-0.2, 0) is 14.8 Å². The molecule has 1 aromatic rings. The van der Waals surface area contributed by atoms with Crippen molar-refractivity contribution in [2.75, 3.05) is 26.7 Å². The molecular weight excluding hydrogens is 302 g/mol. The Kier molecular flexibility index (Phi) is 5.79. The number of halogens is 2. The predicted octanol–water partition coefficient (Wildman–Crippen LogP) is 1.45. The lowest BCUT2D eigenvalue weighted by atomic mass is 10.3. The zero-order chi connectivity index (χ0) is 16.2. The Hall–Kier alpha value is -1.54. The molecule has 0 aliphatic heterocycles. The van der Waals surface area contributed by atoms with Crippen LogP contribution >= 0.6 is 0 Å². The smallest absolute Gasteiger partial charge is 0.246 e. The van der Waals surface area contributed by atoms with Gasteiger partial charge in [0.15, 0.2) is 0 Å². The van der Waals surface area contributed by atoms with E-state index in [4.69, 9.17) is 0 Å². The number of benzene rings is 1. The van der Waals surface area contributed by atoms with Crippen LogP contribution in [0, 0.1) is 11.6 Å². The molecule has 0 fully saturated rings. The van der Waals surface area contributed by atoms with E-state index in [1.54, 1.807) is 13.8 Å². The van der Waals surface area contributed by atoms with Crippen LogP contribution in [0.1, 0.15) is 13.8 Å². The van der Waals surface area contributed by atoms with Gasteiger partial charge in [0.2, 0.25) is 15.9 Å². The molecule has 0 saturated heterocycles. The fourth-order valence-electron chi connectivity index (χ4n) is 1.79. The highest BCUT2D eigenvalue weighted by molar-refractivity contribution is 7.89. The molecule has 0 aliphatic rings.